The molecule has 0 aromatic heterocycles. The number of ether oxygens (including phenoxy) is 2. The molecule has 0 spiro atoms. The first-order chi connectivity index (χ1) is 11.3. The number of piperidine rings is 1. The van der Waals surface area contributed by atoms with Gasteiger partial charge in [-0.05, 0) is 36.6 Å². The van der Waals surface area contributed by atoms with Gasteiger partial charge in [-0.25, -0.2) is 4.79 Å². The molecule has 0 N–H and O–H groups in total. The predicted octanol–water partition coefficient (Wildman–Crippen LogP) is 3.58. The van der Waals surface area contributed by atoms with Gasteiger partial charge in [0.25, 0.3) is 0 Å². The van der Waals surface area contributed by atoms with E-state index in [2.05, 4.69) is 11.0 Å². The van der Waals surface area contributed by atoms with E-state index in [0.717, 1.165) is 30.8 Å². The van der Waals surface area contributed by atoms with E-state index in [1.54, 1.807) is 19.2 Å². The Balaban J connectivity index is 1.60. The number of rotatable bonds is 3. The summed E-state index contributed by atoms with van der Waals surface area (Å²) in [4.78, 5) is 14.5. The first-order valence-corrected chi connectivity index (χ1v) is 7.97. The standard InChI is InChI=1S/C19H19NO3/c1-22-16-9-5-8-15-18(16)14-10-11-20(15)17(12-14)23-19(21)13-6-3-2-4-7-13/h2-9,14,17H,10-12H2,1H3. The maximum Gasteiger partial charge on any atom is 0.340 e. The van der Waals surface area contributed by atoms with Gasteiger partial charge in [-0.2, -0.15) is 0 Å². The molecule has 3 aliphatic rings. The molecule has 2 aromatic rings. The van der Waals surface area contributed by atoms with Crippen molar-refractivity contribution in [2.24, 2.45) is 0 Å². The van der Waals surface area contributed by atoms with Crippen LogP contribution in [0.1, 0.15) is 34.7 Å². The van der Waals surface area contributed by atoms with Gasteiger partial charge in [0.1, 0.15) is 5.75 Å². The van der Waals surface area contributed by atoms with E-state index in [1.165, 1.54) is 5.56 Å². The maximum absolute atomic E-state index is 12.4. The Bertz CT molecular complexity index is 729. The molecule has 2 aromatic carbocycles. The molecule has 0 saturated carbocycles. The van der Waals surface area contributed by atoms with Crippen LogP contribution in [-0.2, 0) is 4.74 Å². The van der Waals surface area contributed by atoms with Crippen LogP contribution in [0.25, 0.3) is 0 Å². The molecule has 3 heterocycles. The fourth-order valence-corrected chi connectivity index (χ4v) is 3.71. The molecule has 1 saturated heterocycles. The van der Waals surface area contributed by atoms with Gasteiger partial charge in [-0.1, -0.05) is 24.3 Å². The third-order valence-electron chi connectivity index (χ3n) is 4.79. The van der Waals surface area contributed by atoms with E-state index in [0.29, 0.717) is 11.5 Å². The highest BCUT2D eigenvalue weighted by atomic mass is 16.6. The topological polar surface area (TPSA) is 38.8 Å². The van der Waals surface area contributed by atoms with Crippen LogP contribution in [0.15, 0.2) is 48.5 Å². The second-order valence-electron chi connectivity index (χ2n) is 6.03. The Morgan fingerprint density at radius 3 is 2.74 bits per heavy atom. The van der Waals surface area contributed by atoms with Crippen LogP contribution in [0.3, 0.4) is 0 Å². The van der Waals surface area contributed by atoms with Gasteiger partial charge in [-0.15, -0.1) is 0 Å². The number of benzene rings is 2. The Labute approximate surface area is 135 Å². The lowest BCUT2D eigenvalue weighted by molar-refractivity contribution is 0.0192. The van der Waals surface area contributed by atoms with Crippen molar-refractivity contribution in [3.63, 3.8) is 0 Å². The van der Waals surface area contributed by atoms with Crippen molar-refractivity contribution >= 4 is 11.7 Å². The van der Waals surface area contributed by atoms with Gasteiger partial charge in [0.15, 0.2) is 6.23 Å². The summed E-state index contributed by atoms with van der Waals surface area (Å²) >= 11 is 0. The van der Waals surface area contributed by atoms with E-state index >= 15 is 0 Å². The number of carbonyl (C=O) groups excluding carboxylic acids is 1. The van der Waals surface area contributed by atoms with Crippen molar-refractivity contribution < 1.29 is 14.3 Å². The number of carbonyl (C=O) groups is 1. The number of anilines is 1. The van der Waals surface area contributed by atoms with Crippen LogP contribution in [0.5, 0.6) is 5.75 Å². The van der Waals surface area contributed by atoms with Crippen molar-refractivity contribution in [3.05, 3.63) is 59.7 Å². The van der Waals surface area contributed by atoms with Crippen molar-refractivity contribution in [1.29, 1.82) is 0 Å². The molecule has 23 heavy (non-hydrogen) atoms. The molecular formula is C19H19NO3. The average molecular weight is 309 g/mol. The van der Waals surface area contributed by atoms with Crippen molar-refractivity contribution in [2.75, 3.05) is 18.6 Å². The third-order valence-corrected chi connectivity index (χ3v) is 4.79. The van der Waals surface area contributed by atoms with E-state index in [9.17, 15) is 4.79 Å². The summed E-state index contributed by atoms with van der Waals surface area (Å²) < 4.78 is 11.3. The second kappa shape index (κ2) is 5.61. The number of hydrogen-bond acceptors (Lipinski definition) is 4. The van der Waals surface area contributed by atoms with E-state index in [1.807, 2.05) is 30.3 Å². The van der Waals surface area contributed by atoms with Gasteiger partial charge in [0, 0.05) is 24.2 Å². The summed E-state index contributed by atoms with van der Waals surface area (Å²) in [5.74, 6) is 1.07. The van der Waals surface area contributed by atoms with Gasteiger partial charge >= 0.3 is 5.97 Å². The van der Waals surface area contributed by atoms with Crippen LogP contribution in [-0.4, -0.2) is 25.9 Å². The molecule has 118 valence electrons. The molecule has 4 nitrogen and oxygen atoms in total. The highest BCUT2D eigenvalue weighted by Gasteiger charge is 2.41. The van der Waals surface area contributed by atoms with Crippen LogP contribution in [0, 0.1) is 0 Å². The molecule has 3 aliphatic heterocycles. The summed E-state index contributed by atoms with van der Waals surface area (Å²) in [7, 11) is 1.71. The highest BCUT2D eigenvalue weighted by Crippen LogP contribution is 2.49. The molecule has 2 atom stereocenters. The second-order valence-corrected chi connectivity index (χ2v) is 6.03. The zero-order valence-electron chi connectivity index (χ0n) is 13.1. The van der Waals surface area contributed by atoms with E-state index < -0.39 is 0 Å². The summed E-state index contributed by atoms with van der Waals surface area (Å²) in [5, 5.41) is 0. The number of esters is 1. The van der Waals surface area contributed by atoms with Gasteiger partial charge < -0.3 is 14.4 Å². The summed E-state index contributed by atoms with van der Waals surface area (Å²) in [6.45, 7) is 0.914. The Morgan fingerprint density at radius 1 is 1.13 bits per heavy atom. The molecule has 4 heteroatoms. The molecule has 0 radical (unpaired) electrons. The van der Waals surface area contributed by atoms with Crippen LogP contribution < -0.4 is 9.64 Å². The lowest BCUT2D eigenvalue weighted by Crippen LogP contribution is -2.49. The minimum absolute atomic E-state index is 0.193. The van der Waals surface area contributed by atoms with E-state index in [4.69, 9.17) is 9.47 Å². The molecule has 5 rings (SSSR count). The summed E-state index contributed by atoms with van der Waals surface area (Å²) in [6, 6.07) is 15.3. The predicted molar refractivity (Wildman–Crippen MR) is 88.0 cm³/mol. The minimum atomic E-state index is -0.257. The SMILES string of the molecule is COc1cccc2c1C1CCN2C(OC(=O)c2ccccc2)C1. The lowest BCUT2D eigenvalue weighted by atomic mass is 9.81. The maximum atomic E-state index is 12.4. The van der Waals surface area contributed by atoms with Gasteiger partial charge in [-0.3, -0.25) is 0 Å². The smallest absolute Gasteiger partial charge is 0.340 e. The first-order valence-electron chi connectivity index (χ1n) is 7.97. The van der Waals surface area contributed by atoms with Crippen LogP contribution in [0.4, 0.5) is 5.69 Å². The van der Waals surface area contributed by atoms with Crippen molar-refractivity contribution in [3.8, 4) is 5.75 Å². The molecular weight excluding hydrogens is 290 g/mol. The monoisotopic (exact) mass is 309 g/mol. The third kappa shape index (κ3) is 2.34. The average Bonchev–Trinajstić information content (AvgIpc) is 2.62. The van der Waals surface area contributed by atoms with E-state index in [-0.39, 0.29) is 12.2 Å². The number of fused-ring (bicyclic) bond motifs is 2. The Kier molecular flexibility index (Phi) is 3.45. The quantitative estimate of drug-likeness (QED) is 0.812. The zero-order chi connectivity index (χ0) is 15.8. The first kappa shape index (κ1) is 14.1. The van der Waals surface area contributed by atoms with Crippen LogP contribution >= 0.6 is 0 Å². The van der Waals surface area contributed by atoms with Crippen molar-refractivity contribution in [2.45, 2.75) is 25.0 Å². The largest absolute Gasteiger partial charge is 0.496 e. The Morgan fingerprint density at radius 2 is 1.96 bits per heavy atom. The fraction of sp³-hybridized carbons (Fsp3) is 0.316. The molecule has 2 unspecified atom stereocenters. The lowest BCUT2D eigenvalue weighted by Gasteiger charge is -2.47. The summed E-state index contributed by atoms with van der Waals surface area (Å²) in [5.41, 5.74) is 2.99. The van der Waals surface area contributed by atoms with Crippen molar-refractivity contribution in [1.82, 2.24) is 0 Å². The van der Waals surface area contributed by atoms with Gasteiger partial charge in [0.05, 0.1) is 12.7 Å². The number of nitrogens with zero attached hydrogens (tertiary/aromatic N) is 1. The minimum Gasteiger partial charge on any atom is -0.496 e. The Hall–Kier alpha value is -2.49. The molecule has 0 amide bonds. The van der Waals surface area contributed by atoms with Crippen LogP contribution in [0.2, 0.25) is 0 Å². The molecule has 0 aliphatic carbocycles. The number of methoxy groups -OCH3 is 1. The normalized spacial score (nSPS) is 21.7. The molecule has 1 fully saturated rings. The fourth-order valence-electron chi connectivity index (χ4n) is 3.71. The molecule has 2 bridgehead atoms. The van der Waals surface area contributed by atoms with Gasteiger partial charge in [0.2, 0.25) is 0 Å². The highest BCUT2D eigenvalue weighted by molar-refractivity contribution is 5.89. The number of hydrogen-bond donors (Lipinski definition) is 0. The summed E-state index contributed by atoms with van der Waals surface area (Å²) in [6.07, 6.45) is 1.71. The zero-order valence-corrected chi connectivity index (χ0v) is 13.1.